The highest BCUT2D eigenvalue weighted by atomic mass is 16.2. The highest BCUT2D eigenvalue weighted by molar-refractivity contribution is 6.03. The number of hydrogen-bond acceptors (Lipinski definition) is 4. The van der Waals surface area contributed by atoms with Gasteiger partial charge in [-0.1, -0.05) is 6.07 Å². The van der Waals surface area contributed by atoms with Crippen LogP contribution in [-0.2, 0) is 11.3 Å². The zero-order valence-electron chi connectivity index (χ0n) is 10.9. The molecule has 102 valence electrons. The van der Waals surface area contributed by atoms with Crippen LogP contribution in [0.15, 0.2) is 37.1 Å². The Labute approximate surface area is 115 Å². The van der Waals surface area contributed by atoms with Gasteiger partial charge in [-0.05, 0) is 13.0 Å². The van der Waals surface area contributed by atoms with Gasteiger partial charge in [-0.15, -0.1) is 0 Å². The predicted molar refractivity (Wildman–Crippen MR) is 69.9 cm³/mol. The van der Waals surface area contributed by atoms with Gasteiger partial charge in [0.2, 0.25) is 0 Å². The van der Waals surface area contributed by atoms with E-state index in [1.807, 2.05) is 6.07 Å². The predicted octanol–water partition coefficient (Wildman–Crippen LogP) is 0.708. The fourth-order valence-corrected chi connectivity index (χ4v) is 2.15. The first-order chi connectivity index (χ1) is 9.66. The van der Waals surface area contributed by atoms with Gasteiger partial charge in [0.15, 0.2) is 0 Å². The number of aromatic nitrogens is 3. The van der Waals surface area contributed by atoms with Gasteiger partial charge in [-0.3, -0.25) is 14.3 Å². The third kappa shape index (κ3) is 2.03. The molecule has 1 atom stereocenters. The van der Waals surface area contributed by atoms with E-state index < -0.39 is 6.04 Å². The number of rotatable bonds is 3. The van der Waals surface area contributed by atoms with Crippen LogP contribution in [0.2, 0.25) is 0 Å². The van der Waals surface area contributed by atoms with Gasteiger partial charge in [0.1, 0.15) is 18.2 Å². The molecule has 2 aromatic rings. The zero-order valence-corrected chi connectivity index (χ0v) is 10.9. The van der Waals surface area contributed by atoms with Crippen LogP contribution in [0.3, 0.4) is 0 Å². The number of amides is 3. The summed E-state index contributed by atoms with van der Waals surface area (Å²) >= 11 is 0. The Kier molecular flexibility index (Phi) is 2.94. The first kappa shape index (κ1) is 12.3. The van der Waals surface area contributed by atoms with Crippen molar-refractivity contribution in [3.05, 3.63) is 42.6 Å². The van der Waals surface area contributed by atoms with Crippen molar-refractivity contribution in [1.29, 1.82) is 0 Å². The van der Waals surface area contributed by atoms with Crippen molar-refractivity contribution in [3.8, 4) is 5.82 Å². The number of urea groups is 1. The van der Waals surface area contributed by atoms with E-state index in [0.717, 1.165) is 5.56 Å². The monoisotopic (exact) mass is 271 g/mol. The lowest BCUT2D eigenvalue weighted by molar-refractivity contribution is -0.127. The van der Waals surface area contributed by atoms with Gasteiger partial charge in [0.25, 0.3) is 5.91 Å². The molecule has 2 aromatic heterocycles. The number of imide groups is 1. The molecular formula is C13H13N5O2. The first-order valence-corrected chi connectivity index (χ1v) is 6.21. The van der Waals surface area contributed by atoms with Gasteiger partial charge < -0.3 is 5.32 Å². The fourth-order valence-electron chi connectivity index (χ4n) is 2.15. The maximum atomic E-state index is 11.9. The normalized spacial score (nSPS) is 18.4. The summed E-state index contributed by atoms with van der Waals surface area (Å²) < 4.78 is 1.75. The van der Waals surface area contributed by atoms with Crippen LogP contribution in [-0.4, -0.2) is 37.4 Å². The Balaban J connectivity index is 1.92. The minimum atomic E-state index is -0.476. The summed E-state index contributed by atoms with van der Waals surface area (Å²) in [5, 5.41) is 2.59. The fraction of sp³-hybridized carbons (Fsp3) is 0.231. The summed E-state index contributed by atoms with van der Waals surface area (Å²) in [5.41, 5.74) is 0.781. The summed E-state index contributed by atoms with van der Waals surface area (Å²) in [6, 6.07) is 2.77. The van der Waals surface area contributed by atoms with E-state index in [4.69, 9.17) is 0 Å². The number of carbonyl (C=O) groups is 2. The third-order valence-electron chi connectivity index (χ3n) is 3.17. The van der Waals surface area contributed by atoms with Gasteiger partial charge in [0, 0.05) is 24.2 Å². The molecule has 0 aliphatic carbocycles. The number of pyridine rings is 1. The van der Waals surface area contributed by atoms with Crippen LogP contribution in [0.25, 0.3) is 5.82 Å². The molecule has 3 heterocycles. The summed E-state index contributed by atoms with van der Waals surface area (Å²) in [5.74, 6) is 0.431. The average Bonchev–Trinajstić information content (AvgIpc) is 3.04. The molecule has 0 spiro atoms. The van der Waals surface area contributed by atoms with Crippen LogP contribution in [0.5, 0.6) is 0 Å². The summed E-state index contributed by atoms with van der Waals surface area (Å²) in [4.78, 5) is 33.1. The summed E-state index contributed by atoms with van der Waals surface area (Å²) in [7, 11) is 0. The van der Waals surface area contributed by atoms with Gasteiger partial charge in [0.05, 0.1) is 6.54 Å². The molecule has 1 N–H and O–H groups in total. The van der Waals surface area contributed by atoms with Crippen LogP contribution in [0, 0.1) is 0 Å². The molecule has 7 nitrogen and oxygen atoms in total. The van der Waals surface area contributed by atoms with Crippen molar-refractivity contribution in [1.82, 2.24) is 24.8 Å². The molecule has 1 saturated heterocycles. The highest BCUT2D eigenvalue weighted by Gasteiger charge is 2.35. The maximum absolute atomic E-state index is 11.9. The number of imidazole rings is 1. The lowest BCUT2D eigenvalue weighted by Crippen LogP contribution is -2.31. The summed E-state index contributed by atoms with van der Waals surface area (Å²) in [6.07, 6.45) is 6.70. The molecule has 0 unspecified atom stereocenters. The molecule has 1 fully saturated rings. The molecule has 1 aliphatic rings. The number of carbonyl (C=O) groups excluding carboxylic acids is 2. The minimum Gasteiger partial charge on any atom is -0.326 e. The SMILES string of the molecule is C[C@H]1NC(=O)N(Cc2cccnc2-n2ccnc2)C1=O. The van der Waals surface area contributed by atoms with E-state index in [0.29, 0.717) is 5.82 Å². The first-order valence-electron chi connectivity index (χ1n) is 6.21. The van der Waals surface area contributed by atoms with Crippen molar-refractivity contribution >= 4 is 11.9 Å². The zero-order chi connectivity index (χ0) is 14.1. The second-order valence-corrected chi connectivity index (χ2v) is 4.55. The van der Waals surface area contributed by atoms with Crippen LogP contribution in [0.1, 0.15) is 12.5 Å². The summed E-state index contributed by atoms with van der Waals surface area (Å²) in [6.45, 7) is 1.86. The van der Waals surface area contributed by atoms with Gasteiger partial charge in [-0.2, -0.15) is 0 Å². The average molecular weight is 271 g/mol. The topological polar surface area (TPSA) is 80.1 Å². The molecule has 7 heteroatoms. The number of hydrogen-bond donors (Lipinski definition) is 1. The van der Waals surface area contributed by atoms with Gasteiger partial charge >= 0.3 is 6.03 Å². The number of nitrogens with zero attached hydrogens (tertiary/aromatic N) is 4. The van der Waals surface area contributed by atoms with E-state index >= 15 is 0 Å². The molecule has 3 amide bonds. The maximum Gasteiger partial charge on any atom is 0.325 e. The van der Waals surface area contributed by atoms with E-state index in [-0.39, 0.29) is 18.5 Å². The lowest BCUT2D eigenvalue weighted by Gasteiger charge is -2.15. The molecule has 0 radical (unpaired) electrons. The molecule has 0 aromatic carbocycles. The molecule has 3 rings (SSSR count). The Morgan fingerprint density at radius 1 is 1.35 bits per heavy atom. The lowest BCUT2D eigenvalue weighted by atomic mass is 10.2. The van der Waals surface area contributed by atoms with Gasteiger partial charge in [-0.25, -0.2) is 14.8 Å². The number of nitrogens with one attached hydrogen (secondary N) is 1. The van der Waals surface area contributed by atoms with Crippen molar-refractivity contribution in [2.45, 2.75) is 19.5 Å². The second kappa shape index (κ2) is 4.76. The van der Waals surface area contributed by atoms with Crippen molar-refractivity contribution in [3.63, 3.8) is 0 Å². The minimum absolute atomic E-state index is 0.191. The Morgan fingerprint density at radius 2 is 2.20 bits per heavy atom. The van der Waals surface area contributed by atoms with Crippen molar-refractivity contribution in [2.75, 3.05) is 0 Å². The smallest absolute Gasteiger partial charge is 0.325 e. The molecule has 1 aliphatic heterocycles. The standard InChI is InChI=1S/C13H13N5O2/c1-9-12(19)18(13(20)16-9)7-10-3-2-4-15-11(10)17-6-5-14-8-17/h2-6,8-9H,7H2,1H3,(H,16,20)/t9-/m1/s1. The Hall–Kier alpha value is -2.70. The highest BCUT2D eigenvalue weighted by Crippen LogP contribution is 2.16. The molecule has 0 bridgehead atoms. The van der Waals surface area contributed by atoms with E-state index in [2.05, 4.69) is 15.3 Å². The van der Waals surface area contributed by atoms with Crippen LogP contribution >= 0.6 is 0 Å². The van der Waals surface area contributed by atoms with Crippen LogP contribution in [0.4, 0.5) is 4.79 Å². The van der Waals surface area contributed by atoms with Crippen molar-refractivity contribution < 1.29 is 9.59 Å². The van der Waals surface area contributed by atoms with Crippen molar-refractivity contribution in [2.24, 2.45) is 0 Å². The Bertz CT molecular complexity index is 653. The van der Waals surface area contributed by atoms with E-state index in [9.17, 15) is 9.59 Å². The second-order valence-electron chi connectivity index (χ2n) is 4.55. The molecule has 0 saturated carbocycles. The van der Waals surface area contributed by atoms with E-state index in [1.165, 1.54) is 4.90 Å². The third-order valence-corrected chi connectivity index (χ3v) is 3.17. The molecular weight excluding hydrogens is 258 g/mol. The molecule has 20 heavy (non-hydrogen) atoms. The largest absolute Gasteiger partial charge is 0.326 e. The van der Waals surface area contributed by atoms with E-state index in [1.54, 1.807) is 42.5 Å². The quantitative estimate of drug-likeness (QED) is 0.834. The van der Waals surface area contributed by atoms with Crippen LogP contribution < -0.4 is 5.32 Å². The Morgan fingerprint density at radius 3 is 2.85 bits per heavy atom.